The number of amides is 2. The van der Waals surface area contributed by atoms with Gasteiger partial charge in [0.15, 0.2) is 0 Å². The predicted molar refractivity (Wildman–Crippen MR) is 119 cm³/mol. The summed E-state index contributed by atoms with van der Waals surface area (Å²) in [7, 11) is -2.21. The average Bonchev–Trinajstić information content (AvgIpc) is 2.70. The maximum Gasteiger partial charge on any atom is 0.244 e. The molecule has 2 amide bonds. The molecule has 0 fully saturated rings. The number of hydrogen-bond acceptors (Lipinski definition) is 4. The van der Waals surface area contributed by atoms with Crippen molar-refractivity contribution in [3.05, 3.63) is 65.2 Å². The number of anilines is 1. The summed E-state index contributed by atoms with van der Waals surface area (Å²) in [4.78, 5) is 26.9. The Labute approximate surface area is 178 Å². The molecule has 8 heteroatoms. The number of benzene rings is 2. The van der Waals surface area contributed by atoms with Crippen molar-refractivity contribution < 1.29 is 18.0 Å². The number of nitrogens with zero attached hydrogens (tertiary/aromatic N) is 2. The number of sulfonamides is 1. The van der Waals surface area contributed by atoms with Crippen LogP contribution in [0.25, 0.3) is 0 Å². The molecule has 162 valence electrons. The molecule has 0 aromatic heterocycles. The lowest BCUT2D eigenvalue weighted by Gasteiger charge is -2.31. The zero-order valence-electron chi connectivity index (χ0n) is 18.0. The highest BCUT2D eigenvalue weighted by Crippen LogP contribution is 2.22. The Morgan fingerprint density at radius 1 is 1.03 bits per heavy atom. The van der Waals surface area contributed by atoms with Crippen LogP contribution in [-0.4, -0.2) is 51.0 Å². The van der Waals surface area contributed by atoms with E-state index in [1.165, 1.54) is 11.9 Å². The maximum atomic E-state index is 13.3. The summed E-state index contributed by atoms with van der Waals surface area (Å²) in [6, 6.07) is 13.9. The zero-order chi connectivity index (χ0) is 22.5. The lowest BCUT2D eigenvalue weighted by molar-refractivity contribution is -0.139. The number of rotatable bonds is 8. The summed E-state index contributed by atoms with van der Waals surface area (Å²) in [5.74, 6) is -0.780. The number of likely N-dealkylation sites (N-methyl/N-ethyl adjacent to an activating group) is 1. The van der Waals surface area contributed by atoms with E-state index in [1.807, 2.05) is 31.2 Å². The molecule has 1 unspecified atom stereocenters. The maximum absolute atomic E-state index is 13.3. The molecule has 30 heavy (non-hydrogen) atoms. The Hall–Kier alpha value is -2.87. The van der Waals surface area contributed by atoms with E-state index in [4.69, 9.17) is 0 Å². The van der Waals surface area contributed by atoms with Crippen LogP contribution >= 0.6 is 0 Å². The van der Waals surface area contributed by atoms with Gasteiger partial charge < -0.3 is 10.2 Å². The normalized spacial score (nSPS) is 12.2. The van der Waals surface area contributed by atoms with Crippen molar-refractivity contribution in [3.8, 4) is 0 Å². The van der Waals surface area contributed by atoms with Gasteiger partial charge in [-0.25, -0.2) is 8.42 Å². The van der Waals surface area contributed by atoms with E-state index in [1.54, 1.807) is 38.1 Å². The highest BCUT2D eigenvalue weighted by Gasteiger charge is 2.30. The van der Waals surface area contributed by atoms with Crippen LogP contribution in [0, 0.1) is 13.8 Å². The van der Waals surface area contributed by atoms with Crippen LogP contribution in [0.4, 0.5) is 5.69 Å². The monoisotopic (exact) mass is 431 g/mol. The molecule has 0 aliphatic carbocycles. The second kappa shape index (κ2) is 9.75. The first-order valence-corrected chi connectivity index (χ1v) is 11.5. The highest BCUT2D eigenvalue weighted by molar-refractivity contribution is 7.92. The van der Waals surface area contributed by atoms with Gasteiger partial charge in [0, 0.05) is 13.6 Å². The highest BCUT2D eigenvalue weighted by atomic mass is 32.2. The fourth-order valence-electron chi connectivity index (χ4n) is 3.12. The minimum atomic E-state index is -3.71. The van der Waals surface area contributed by atoms with Crippen molar-refractivity contribution in [1.29, 1.82) is 0 Å². The van der Waals surface area contributed by atoms with Crippen molar-refractivity contribution in [3.63, 3.8) is 0 Å². The van der Waals surface area contributed by atoms with Crippen LogP contribution in [0.5, 0.6) is 0 Å². The second-order valence-electron chi connectivity index (χ2n) is 7.35. The van der Waals surface area contributed by atoms with Crippen LogP contribution in [0.1, 0.15) is 23.6 Å². The summed E-state index contributed by atoms with van der Waals surface area (Å²) in [6.07, 6.45) is 1.07. The predicted octanol–water partition coefficient (Wildman–Crippen LogP) is 2.23. The Morgan fingerprint density at radius 3 is 2.17 bits per heavy atom. The molecule has 2 aromatic carbocycles. The van der Waals surface area contributed by atoms with Crippen LogP contribution in [-0.2, 0) is 26.2 Å². The molecule has 0 saturated heterocycles. The smallest absolute Gasteiger partial charge is 0.244 e. The Morgan fingerprint density at radius 2 is 1.63 bits per heavy atom. The first kappa shape index (κ1) is 23.4. The quantitative estimate of drug-likeness (QED) is 0.694. The van der Waals surface area contributed by atoms with Gasteiger partial charge in [-0.2, -0.15) is 0 Å². The van der Waals surface area contributed by atoms with Gasteiger partial charge in [-0.05, 0) is 38.0 Å². The third-order valence-electron chi connectivity index (χ3n) is 4.95. The molecule has 0 bridgehead atoms. The van der Waals surface area contributed by atoms with Gasteiger partial charge in [0.05, 0.1) is 11.9 Å². The van der Waals surface area contributed by atoms with Crippen molar-refractivity contribution in [1.82, 2.24) is 10.2 Å². The number of aryl methyl sites for hydroxylation is 2. The van der Waals surface area contributed by atoms with E-state index in [0.29, 0.717) is 5.69 Å². The van der Waals surface area contributed by atoms with Crippen LogP contribution < -0.4 is 9.62 Å². The van der Waals surface area contributed by atoms with Crippen LogP contribution in [0.2, 0.25) is 0 Å². The van der Waals surface area contributed by atoms with Gasteiger partial charge in [0.25, 0.3) is 0 Å². The first-order valence-electron chi connectivity index (χ1n) is 9.64. The third-order valence-corrected chi connectivity index (χ3v) is 6.08. The first-order chi connectivity index (χ1) is 14.0. The average molecular weight is 432 g/mol. The van der Waals surface area contributed by atoms with Crippen molar-refractivity contribution in [2.45, 2.75) is 33.4 Å². The van der Waals surface area contributed by atoms with Gasteiger partial charge in [-0.15, -0.1) is 0 Å². The molecule has 7 nitrogen and oxygen atoms in total. The summed E-state index contributed by atoms with van der Waals surface area (Å²) >= 11 is 0. The number of carbonyl (C=O) groups excluding carboxylic acids is 2. The number of hydrogen-bond donors (Lipinski definition) is 1. The van der Waals surface area contributed by atoms with E-state index in [2.05, 4.69) is 5.32 Å². The molecular formula is C22H29N3O4S. The lowest BCUT2D eigenvalue weighted by atomic mass is 10.1. The molecule has 2 aromatic rings. The minimum absolute atomic E-state index is 0.194. The van der Waals surface area contributed by atoms with Crippen LogP contribution in [0.15, 0.2) is 48.5 Å². The Kier molecular flexibility index (Phi) is 7.61. The van der Waals surface area contributed by atoms with Gasteiger partial charge >= 0.3 is 0 Å². The molecule has 0 aliphatic heterocycles. The van der Waals surface area contributed by atoms with E-state index in [-0.39, 0.29) is 12.5 Å². The van der Waals surface area contributed by atoms with Crippen molar-refractivity contribution in [2.75, 3.05) is 24.2 Å². The molecule has 0 spiro atoms. The Bertz CT molecular complexity index is 1000. The lowest BCUT2D eigenvalue weighted by Crippen LogP contribution is -2.50. The molecule has 0 aliphatic rings. The number of carbonyl (C=O) groups is 2. The third kappa shape index (κ3) is 5.82. The summed E-state index contributed by atoms with van der Waals surface area (Å²) < 4.78 is 26.0. The molecule has 1 atom stereocenters. The zero-order valence-corrected chi connectivity index (χ0v) is 18.9. The fraction of sp³-hybridized carbons (Fsp3) is 0.364. The number of nitrogens with one attached hydrogen (secondary N) is 1. The standard InChI is InChI=1S/C22H29N3O4S/c1-16-10-12-19(13-11-16)14-24(18(3)22(27)23-4)21(26)15-25(30(5,28)29)20-9-7-6-8-17(20)2/h6-13,18H,14-15H2,1-5H3,(H,23,27). The van der Waals surface area contributed by atoms with E-state index in [9.17, 15) is 18.0 Å². The molecule has 0 radical (unpaired) electrons. The summed E-state index contributed by atoms with van der Waals surface area (Å²) in [5.41, 5.74) is 3.11. The second-order valence-corrected chi connectivity index (χ2v) is 9.26. The topological polar surface area (TPSA) is 86.8 Å². The summed E-state index contributed by atoms with van der Waals surface area (Å²) in [5, 5.41) is 2.55. The minimum Gasteiger partial charge on any atom is -0.357 e. The summed E-state index contributed by atoms with van der Waals surface area (Å²) in [6.45, 7) is 5.18. The largest absolute Gasteiger partial charge is 0.357 e. The molecule has 0 saturated carbocycles. The van der Waals surface area contributed by atoms with E-state index < -0.39 is 28.5 Å². The van der Waals surface area contributed by atoms with E-state index >= 15 is 0 Å². The van der Waals surface area contributed by atoms with E-state index in [0.717, 1.165) is 27.3 Å². The van der Waals surface area contributed by atoms with Crippen molar-refractivity contribution >= 4 is 27.5 Å². The van der Waals surface area contributed by atoms with Gasteiger partial charge in [0.2, 0.25) is 21.8 Å². The Balaban J connectivity index is 2.38. The van der Waals surface area contributed by atoms with Gasteiger partial charge in [-0.3, -0.25) is 13.9 Å². The number of para-hydroxylation sites is 1. The SMILES string of the molecule is CNC(=O)C(C)N(Cc1ccc(C)cc1)C(=O)CN(c1ccccc1C)S(C)(=O)=O. The molecule has 0 heterocycles. The molecule has 1 N–H and O–H groups in total. The fourth-order valence-corrected chi connectivity index (χ4v) is 4.03. The van der Waals surface area contributed by atoms with Crippen LogP contribution in [0.3, 0.4) is 0 Å². The van der Waals surface area contributed by atoms with Gasteiger partial charge in [0.1, 0.15) is 12.6 Å². The van der Waals surface area contributed by atoms with Crippen molar-refractivity contribution in [2.24, 2.45) is 0 Å². The molecule has 2 rings (SSSR count). The molecular weight excluding hydrogens is 402 g/mol. The van der Waals surface area contributed by atoms with Gasteiger partial charge in [-0.1, -0.05) is 48.0 Å².